The lowest BCUT2D eigenvalue weighted by molar-refractivity contribution is -0.140. The molecule has 2 aromatic carbocycles. The minimum absolute atomic E-state index is 0.0585. The highest BCUT2D eigenvalue weighted by Crippen LogP contribution is 2.39. The van der Waals surface area contributed by atoms with Crippen LogP contribution in [0.1, 0.15) is 17.2 Å². The van der Waals surface area contributed by atoms with Gasteiger partial charge in [0.05, 0.1) is 36.3 Å². The number of methoxy groups -OCH3 is 1. The van der Waals surface area contributed by atoms with Gasteiger partial charge in [-0.15, -0.1) is 0 Å². The van der Waals surface area contributed by atoms with Crippen LogP contribution in [0.25, 0.3) is 5.76 Å². The second-order valence-corrected chi connectivity index (χ2v) is 10.6. The van der Waals surface area contributed by atoms with Crippen LogP contribution in [0, 0.1) is 0 Å². The van der Waals surface area contributed by atoms with Crippen LogP contribution in [0.5, 0.6) is 5.75 Å². The van der Waals surface area contributed by atoms with Crippen LogP contribution in [0.3, 0.4) is 0 Å². The molecule has 11 heteroatoms. The molecule has 1 atom stereocenters. The quantitative estimate of drug-likeness (QED) is 0.210. The summed E-state index contributed by atoms with van der Waals surface area (Å²) in [6.07, 6.45) is 1.62. The number of hydrogen-bond acceptors (Lipinski definition) is 8. The van der Waals surface area contributed by atoms with Crippen LogP contribution in [-0.4, -0.2) is 87.6 Å². The highest BCUT2D eigenvalue weighted by atomic mass is 32.2. The van der Waals surface area contributed by atoms with Crippen LogP contribution in [0.4, 0.5) is 0 Å². The van der Waals surface area contributed by atoms with Gasteiger partial charge in [0.25, 0.3) is 11.7 Å². The van der Waals surface area contributed by atoms with Crippen molar-refractivity contribution in [1.82, 2.24) is 9.21 Å². The zero-order valence-corrected chi connectivity index (χ0v) is 21.9. The number of likely N-dealkylation sites (tertiary alicyclic amines) is 1. The Kier molecular flexibility index (Phi) is 8.62. The Hall–Kier alpha value is -3.51. The monoisotopic (exact) mass is 542 g/mol. The molecule has 0 bridgehead atoms. The average Bonchev–Trinajstić information content (AvgIpc) is 3.20. The number of Topliss-reactive ketones (excluding diaryl/α,β-unsaturated/α-hetero) is 1. The zero-order valence-electron chi connectivity index (χ0n) is 21.0. The molecule has 2 saturated heterocycles. The first-order chi connectivity index (χ1) is 18.3. The lowest BCUT2D eigenvalue weighted by atomic mass is 9.95. The predicted molar refractivity (Wildman–Crippen MR) is 139 cm³/mol. The smallest absolute Gasteiger partial charge is 0.295 e. The Morgan fingerprint density at radius 3 is 2.37 bits per heavy atom. The molecule has 10 nitrogen and oxygen atoms in total. The SMILES string of the molecule is C=CCOc1ccc(C2/C(=C(/O)c3ccc(S(=O)(=O)N4CCOCC4)cc3)C(=O)C(=O)N2CCOC)cc1. The van der Waals surface area contributed by atoms with Crippen molar-refractivity contribution in [3.8, 4) is 5.75 Å². The van der Waals surface area contributed by atoms with E-state index in [1.54, 1.807) is 30.3 Å². The van der Waals surface area contributed by atoms with Crippen molar-refractivity contribution in [2.24, 2.45) is 0 Å². The number of sulfonamides is 1. The number of carbonyl (C=O) groups excluding carboxylic acids is 2. The van der Waals surface area contributed by atoms with Gasteiger partial charge in [0.2, 0.25) is 10.0 Å². The maximum atomic E-state index is 13.1. The Labute approximate surface area is 221 Å². The second-order valence-electron chi connectivity index (χ2n) is 8.69. The minimum atomic E-state index is -3.73. The molecule has 2 heterocycles. The number of rotatable bonds is 10. The summed E-state index contributed by atoms with van der Waals surface area (Å²) in [4.78, 5) is 27.5. The molecule has 4 rings (SSSR count). The van der Waals surface area contributed by atoms with Gasteiger partial charge < -0.3 is 24.2 Å². The average molecular weight is 543 g/mol. The summed E-state index contributed by atoms with van der Waals surface area (Å²) in [5.41, 5.74) is 0.723. The Bertz CT molecular complexity index is 1310. The molecule has 0 saturated carbocycles. The largest absolute Gasteiger partial charge is 0.507 e. The number of amides is 1. The highest BCUT2D eigenvalue weighted by molar-refractivity contribution is 7.89. The van der Waals surface area contributed by atoms with E-state index in [4.69, 9.17) is 14.2 Å². The third-order valence-electron chi connectivity index (χ3n) is 6.38. The van der Waals surface area contributed by atoms with Gasteiger partial charge >= 0.3 is 0 Å². The first-order valence-corrected chi connectivity index (χ1v) is 13.5. The number of carbonyl (C=O) groups is 2. The van der Waals surface area contributed by atoms with Crippen molar-refractivity contribution in [2.45, 2.75) is 10.9 Å². The molecule has 0 aromatic heterocycles. The van der Waals surface area contributed by atoms with Gasteiger partial charge in [0.1, 0.15) is 18.1 Å². The predicted octanol–water partition coefficient (Wildman–Crippen LogP) is 2.34. The van der Waals surface area contributed by atoms with Crippen LogP contribution < -0.4 is 4.74 Å². The van der Waals surface area contributed by atoms with Gasteiger partial charge in [-0.2, -0.15) is 4.31 Å². The van der Waals surface area contributed by atoms with Gasteiger partial charge in [-0.25, -0.2) is 8.42 Å². The molecule has 38 heavy (non-hydrogen) atoms. The van der Waals surface area contributed by atoms with Crippen molar-refractivity contribution in [2.75, 3.05) is 53.2 Å². The molecule has 0 aliphatic carbocycles. The van der Waals surface area contributed by atoms with Crippen LogP contribution in [0.2, 0.25) is 0 Å². The lowest BCUT2D eigenvalue weighted by Crippen LogP contribution is -2.40. The van der Waals surface area contributed by atoms with Gasteiger partial charge in [-0.05, 0) is 42.0 Å². The number of nitrogens with zero attached hydrogens (tertiary/aromatic N) is 2. The Morgan fingerprint density at radius 1 is 1.11 bits per heavy atom. The van der Waals surface area contributed by atoms with Crippen molar-refractivity contribution < 1.29 is 37.3 Å². The normalized spacial score (nSPS) is 20.0. The zero-order chi connectivity index (χ0) is 27.3. The fourth-order valence-corrected chi connectivity index (χ4v) is 5.83. The molecular weight excluding hydrogens is 512 g/mol. The molecule has 2 fully saturated rings. The molecule has 2 aliphatic heterocycles. The van der Waals surface area contributed by atoms with E-state index in [-0.39, 0.29) is 42.3 Å². The van der Waals surface area contributed by atoms with E-state index in [1.807, 2.05) is 0 Å². The molecule has 1 unspecified atom stereocenters. The van der Waals surface area contributed by atoms with Gasteiger partial charge in [0, 0.05) is 32.3 Å². The number of aliphatic hydroxyl groups is 1. The van der Waals surface area contributed by atoms with E-state index < -0.39 is 33.5 Å². The number of benzene rings is 2. The van der Waals surface area contributed by atoms with Gasteiger partial charge in [0.15, 0.2) is 0 Å². The number of ketones is 1. The molecule has 1 N–H and O–H groups in total. The Morgan fingerprint density at radius 2 is 1.76 bits per heavy atom. The number of ether oxygens (including phenoxy) is 3. The topological polar surface area (TPSA) is 123 Å². The third-order valence-corrected chi connectivity index (χ3v) is 8.29. The van der Waals surface area contributed by atoms with Crippen molar-refractivity contribution >= 4 is 27.5 Å². The number of hydrogen-bond donors (Lipinski definition) is 1. The highest BCUT2D eigenvalue weighted by Gasteiger charge is 2.46. The molecule has 0 spiro atoms. The molecule has 1 amide bonds. The minimum Gasteiger partial charge on any atom is -0.507 e. The van der Waals surface area contributed by atoms with E-state index in [2.05, 4.69) is 6.58 Å². The summed E-state index contributed by atoms with van der Waals surface area (Å²) < 4.78 is 43.1. The van der Waals surface area contributed by atoms with E-state index in [9.17, 15) is 23.1 Å². The molecule has 202 valence electrons. The van der Waals surface area contributed by atoms with Crippen molar-refractivity contribution in [1.29, 1.82) is 0 Å². The maximum Gasteiger partial charge on any atom is 0.295 e. The molecular formula is C27H30N2O8S. The van der Waals surface area contributed by atoms with Crippen LogP contribution >= 0.6 is 0 Å². The first kappa shape index (κ1) is 27.5. The third kappa shape index (κ3) is 5.51. The van der Waals surface area contributed by atoms with E-state index in [1.165, 1.54) is 40.6 Å². The first-order valence-electron chi connectivity index (χ1n) is 12.1. The standard InChI is InChI=1S/C27H30N2O8S/c1-3-15-37-21-8-4-19(5-9-21)24-23(26(31)27(32)29(24)14-16-35-2)25(30)20-6-10-22(11-7-20)38(33,34)28-12-17-36-18-13-28/h3-11,24,30H,1,12-18H2,2H3/b25-23-. The summed E-state index contributed by atoms with van der Waals surface area (Å²) in [6.45, 7) is 5.42. The maximum absolute atomic E-state index is 13.1. The van der Waals surface area contributed by atoms with Crippen LogP contribution in [-0.2, 0) is 29.1 Å². The number of aliphatic hydroxyl groups excluding tert-OH is 1. The van der Waals surface area contributed by atoms with Gasteiger partial charge in [-0.3, -0.25) is 9.59 Å². The second kappa shape index (κ2) is 11.9. The number of morpholine rings is 1. The lowest BCUT2D eigenvalue weighted by Gasteiger charge is -2.26. The van der Waals surface area contributed by atoms with Gasteiger partial charge in [-0.1, -0.05) is 24.8 Å². The fourth-order valence-electron chi connectivity index (χ4n) is 4.42. The summed E-state index contributed by atoms with van der Waals surface area (Å²) >= 11 is 0. The summed E-state index contributed by atoms with van der Waals surface area (Å²) in [5.74, 6) is -1.40. The summed E-state index contributed by atoms with van der Waals surface area (Å²) in [7, 11) is -2.24. The fraction of sp³-hybridized carbons (Fsp3) is 0.333. The molecule has 2 aliphatic rings. The van der Waals surface area contributed by atoms with Crippen molar-refractivity contribution in [3.63, 3.8) is 0 Å². The molecule has 0 radical (unpaired) electrons. The van der Waals surface area contributed by atoms with E-state index in [0.29, 0.717) is 31.1 Å². The Balaban J connectivity index is 1.71. The summed E-state index contributed by atoms with van der Waals surface area (Å²) in [6, 6.07) is 11.6. The van der Waals surface area contributed by atoms with Crippen molar-refractivity contribution in [3.05, 3.63) is 77.9 Å². The summed E-state index contributed by atoms with van der Waals surface area (Å²) in [5, 5.41) is 11.2. The molecule has 2 aromatic rings. The van der Waals surface area contributed by atoms with Crippen LogP contribution in [0.15, 0.2) is 71.7 Å². The van der Waals surface area contributed by atoms with E-state index >= 15 is 0 Å². The van der Waals surface area contributed by atoms with E-state index in [0.717, 1.165) is 0 Å².